The molecule has 2 fully saturated rings. The van der Waals surface area contributed by atoms with Crippen LogP contribution in [0.25, 0.3) is 0 Å². The van der Waals surface area contributed by atoms with E-state index in [0.717, 1.165) is 23.7 Å². The zero-order chi connectivity index (χ0) is 9.42. The first-order chi connectivity index (χ1) is 6.18. The number of hydrogen-bond donors (Lipinski definition) is 0. The predicted octanol–water partition coefficient (Wildman–Crippen LogP) is 2.62. The monoisotopic (exact) mass is 181 g/mol. The van der Waals surface area contributed by atoms with E-state index in [0.29, 0.717) is 0 Å². The molecule has 0 amide bonds. The molecule has 3 atom stereocenters. The highest BCUT2D eigenvalue weighted by Crippen LogP contribution is 2.45. The van der Waals surface area contributed by atoms with Gasteiger partial charge in [-0.15, -0.1) is 0 Å². The average molecular weight is 181 g/mol. The highest BCUT2D eigenvalue weighted by atomic mass is 15.1. The quantitative estimate of drug-likeness (QED) is 0.601. The molecule has 0 N–H and O–H groups in total. The molecule has 0 aromatic rings. The lowest BCUT2D eigenvalue weighted by molar-refractivity contribution is 0.225. The molecular formula is C12H23N. The summed E-state index contributed by atoms with van der Waals surface area (Å²) in [4.78, 5) is 2.54. The molecule has 0 aromatic heterocycles. The molecule has 1 saturated carbocycles. The summed E-state index contributed by atoms with van der Waals surface area (Å²) in [6.45, 7) is 7.53. The van der Waals surface area contributed by atoms with E-state index in [4.69, 9.17) is 0 Å². The predicted molar refractivity (Wildman–Crippen MR) is 56.7 cm³/mol. The fraction of sp³-hybridized carbons (Fsp3) is 1.00. The van der Waals surface area contributed by atoms with Gasteiger partial charge in [-0.2, -0.15) is 0 Å². The summed E-state index contributed by atoms with van der Waals surface area (Å²) < 4.78 is 0. The van der Waals surface area contributed by atoms with E-state index >= 15 is 0 Å². The van der Waals surface area contributed by atoms with Crippen molar-refractivity contribution >= 4 is 0 Å². The van der Waals surface area contributed by atoms with Gasteiger partial charge in [0.05, 0.1) is 0 Å². The third-order valence-electron chi connectivity index (χ3n) is 4.19. The van der Waals surface area contributed by atoms with Crippen LogP contribution < -0.4 is 0 Å². The van der Waals surface area contributed by atoms with Crippen molar-refractivity contribution in [1.29, 1.82) is 0 Å². The summed E-state index contributed by atoms with van der Waals surface area (Å²) in [6.07, 6.45) is 4.47. The molecule has 13 heavy (non-hydrogen) atoms. The van der Waals surface area contributed by atoms with Gasteiger partial charge < -0.3 is 4.90 Å². The van der Waals surface area contributed by atoms with E-state index in [-0.39, 0.29) is 0 Å². The summed E-state index contributed by atoms with van der Waals surface area (Å²) in [5, 5.41) is 0. The second-order valence-corrected chi connectivity index (χ2v) is 5.47. The fourth-order valence-electron chi connectivity index (χ4n) is 3.71. The van der Waals surface area contributed by atoms with Crippen LogP contribution in [-0.4, -0.2) is 25.0 Å². The van der Waals surface area contributed by atoms with Crippen LogP contribution >= 0.6 is 0 Å². The molecule has 1 saturated heterocycles. The summed E-state index contributed by atoms with van der Waals surface area (Å²) in [6, 6.07) is 0. The van der Waals surface area contributed by atoms with E-state index in [1.54, 1.807) is 0 Å². The molecule has 1 nitrogen and oxygen atoms in total. The van der Waals surface area contributed by atoms with Crippen LogP contribution in [0.3, 0.4) is 0 Å². The van der Waals surface area contributed by atoms with E-state index in [2.05, 4.69) is 25.8 Å². The summed E-state index contributed by atoms with van der Waals surface area (Å²) in [7, 11) is 2.29. The molecular weight excluding hydrogens is 158 g/mol. The largest absolute Gasteiger partial charge is 0.306 e. The van der Waals surface area contributed by atoms with Gasteiger partial charge >= 0.3 is 0 Å². The molecule has 0 spiro atoms. The Morgan fingerprint density at radius 1 is 1.08 bits per heavy atom. The lowest BCUT2D eigenvalue weighted by Gasteiger charge is -2.26. The van der Waals surface area contributed by atoms with E-state index in [1.807, 2.05) is 0 Å². The molecule has 2 bridgehead atoms. The Labute approximate surface area is 82.5 Å². The number of hydrogen-bond acceptors (Lipinski definition) is 1. The molecule has 1 aliphatic carbocycles. The van der Waals surface area contributed by atoms with Gasteiger partial charge in [-0.3, -0.25) is 0 Å². The minimum Gasteiger partial charge on any atom is -0.306 e. The molecule has 3 unspecified atom stereocenters. The van der Waals surface area contributed by atoms with Crippen molar-refractivity contribution in [2.45, 2.75) is 33.1 Å². The number of rotatable bonds is 1. The first kappa shape index (κ1) is 9.51. The van der Waals surface area contributed by atoms with E-state index in [9.17, 15) is 0 Å². The average Bonchev–Trinajstić information content (AvgIpc) is 2.34. The Bertz CT molecular complexity index is 176. The lowest BCUT2D eigenvalue weighted by atomic mass is 9.80. The maximum atomic E-state index is 2.54. The highest BCUT2D eigenvalue weighted by molar-refractivity contribution is 4.90. The Morgan fingerprint density at radius 3 is 2.46 bits per heavy atom. The third kappa shape index (κ3) is 1.76. The van der Waals surface area contributed by atoms with Gasteiger partial charge in [0.25, 0.3) is 0 Å². The fourth-order valence-corrected chi connectivity index (χ4v) is 3.71. The second kappa shape index (κ2) is 3.61. The van der Waals surface area contributed by atoms with Gasteiger partial charge in [0, 0.05) is 6.54 Å². The van der Waals surface area contributed by atoms with Gasteiger partial charge in [0.15, 0.2) is 0 Å². The molecule has 1 aliphatic heterocycles. The molecule has 1 heteroatoms. The van der Waals surface area contributed by atoms with Crippen LogP contribution in [0.5, 0.6) is 0 Å². The summed E-state index contributed by atoms with van der Waals surface area (Å²) >= 11 is 0. The second-order valence-electron chi connectivity index (χ2n) is 5.47. The summed E-state index contributed by atoms with van der Waals surface area (Å²) in [5.41, 5.74) is 0. The molecule has 2 rings (SSSR count). The maximum absolute atomic E-state index is 2.54. The van der Waals surface area contributed by atoms with Gasteiger partial charge in [0.2, 0.25) is 0 Å². The minimum atomic E-state index is 0.906. The van der Waals surface area contributed by atoms with Crippen LogP contribution in [0.2, 0.25) is 0 Å². The summed E-state index contributed by atoms with van der Waals surface area (Å²) in [5.74, 6) is 4.00. The minimum absolute atomic E-state index is 0.906. The van der Waals surface area contributed by atoms with E-state index in [1.165, 1.54) is 32.4 Å². The van der Waals surface area contributed by atoms with Crippen molar-refractivity contribution in [3.8, 4) is 0 Å². The molecule has 0 radical (unpaired) electrons. The number of fused-ring (bicyclic) bond motifs is 2. The number of nitrogens with zero attached hydrogens (tertiary/aromatic N) is 1. The van der Waals surface area contributed by atoms with Crippen molar-refractivity contribution in [2.75, 3.05) is 20.1 Å². The first-order valence-electron chi connectivity index (χ1n) is 5.87. The normalized spacial score (nSPS) is 41.1. The van der Waals surface area contributed by atoms with Gasteiger partial charge in [-0.05, 0) is 56.5 Å². The van der Waals surface area contributed by atoms with E-state index < -0.39 is 0 Å². The molecule has 2 aliphatic rings. The number of likely N-dealkylation sites (tertiary alicyclic amines) is 1. The van der Waals surface area contributed by atoms with Crippen molar-refractivity contribution in [3.63, 3.8) is 0 Å². The zero-order valence-electron chi connectivity index (χ0n) is 9.29. The van der Waals surface area contributed by atoms with Crippen LogP contribution in [-0.2, 0) is 0 Å². The lowest BCUT2D eigenvalue weighted by Crippen LogP contribution is -2.27. The van der Waals surface area contributed by atoms with Crippen molar-refractivity contribution < 1.29 is 0 Å². The Morgan fingerprint density at radius 2 is 1.77 bits per heavy atom. The Balaban J connectivity index is 2.10. The van der Waals surface area contributed by atoms with Crippen molar-refractivity contribution in [1.82, 2.24) is 4.90 Å². The van der Waals surface area contributed by atoms with Crippen molar-refractivity contribution in [3.05, 3.63) is 0 Å². The van der Waals surface area contributed by atoms with Crippen LogP contribution in [0.15, 0.2) is 0 Å². The van der Waals surface area contributed by atoms with Gasteiger partial charge in [-0.25, -0.2) is 0 Å². The smallest absolute Gasteiger partial charge is 0.000946 e. The van der Waals surface area contributed by atoms with Gasteiger partial charge in [-0.1, -0.05) is 13.8 Å². The standard InChI is InChI=1S/C12H23N/c1-9(2)12-10-4-5-11(12)8-13(3)7-6-10/h9-12H,4-8H2,1-3H3. The van der Waals surface area contributed by atoms with Crippen LogP contribution in [0, 0.1) is 23.7 Å². The molecule has 76 valence electrons. The zero-order valence-corrected chi connectivity index (χ0v) is 9.29. The van der Waals surface area contributed by atoms with Crippen LogP contribution in [0.4, 0.5) is 0 Å². The SMILES string of the molecule is CC(C)C1C2CCC1CN(C)CC2. The first-order valence-corrected chi connectivity index (χ1v) is 5.87. The maximum Gasteiger partial charge on any atom is 0.000946 e. The van der Waals surface area contributed by atoms with Crippen molar-refractivity contribution in [2.24, 2.45) is 23.7 Å². The highest BCUT2D eigenvalue weighted by Gasteiger charge is 2.39. The Hall–Kier alpha value is -0.0400. The van der Waals surface area contributed by atoms with Crippen LogP contribution in [0.1, 0.15) is 33.1 Å². The Kier molecular flexibility index (Phi) is 2.64. The third-order valence-corrected chi connectivity index (χ3v) is 4.19. The van der Waals surface area contributed by atoms with Gasteiger partial charge in [0.1, 0.15) is 0 Å². The molecule has 1 heterocycles. The molecule has 0 aromatic carbocycles. The topological polar surface area (TPSA) is 3.24 Å².